The second-order valence-electron chi connectivity index (χ2n) is 7.13. The summed E-state index contributed by atoms with van der Waals surface area (Å²) in [6.07, 6.45) is 2.23. The zero-order valence-electron chi connectivity index (χ0n) is 15.8. The monoisotopic (exact) mass is 434 g/mol. The first kappa shape index (κ1) is 19.8. The fourth-order valence-corrected chi connectivity index (χ4v) is 4.40. The van der Waals surface area contributed by atoms with Gasteiger partial charge in [0.1, 0.15) is 0 Å². The van der Waals surface area contributed by atoms with E-state index in [1.165, 1.54) is 6.20 Å². The van der Waals surface area contributed by atoms with E-state index in [-0.39, 0.29) is 18.5 Å². The van der Waals surface area contributed by atoms with Gasteiger partial charge in [0.2, 0.25) is 0 Å². The van der Waals surface area contributed by atoms with Gasteiger partial charge in [0.05, 0.1) is 24.0 Å². The highest BCUT2D eigenvalue weighted by Crippen LogP contribution is 2.36. The molecular formula is C19H19ClN4O4S. The number of aromatic nitrogens is 3. The van der Waals surface area contributed by atoms with Crippen molar-refractivity contribution in [2.75, 3.05) is 12.8 Å². The highest BCUT2D eigenvalue weighted by molar-refractivity contribution is 7.86. The summed E-state index contributed by atoms with van der Waals surface area (Å²) in [6, 6.07) is 8.55. The van der Waals surface area contributed by atoms with Crippen molar-refractivity contribution < 1.29 is 17.4 Å². The molecule has 0 unspecified atom stereocenters. The summed E-state index contributed by atoms with van der Waals surface area (Å²) in [5, 5.41) is 8.28. The van der Waals surface area contributed by atoms with Crippen LogP contribution in [0.25, 0.3) is 11.0 Å². The molecule has 0 spiro atoms. The third-order valence-electron chi connectivity index (χ3n) is 4.94. The average molecular weight is 435 g/mol. The lowest BCUT2D eigenvalue weighted by Gasteiger charge is -2.25. The molecule has 0 saturated carbocycles. The molecule has 0 aliphatic carbocycles. The molecule has 2 atom stereocenters. The molecule has 4 rings (SSSR count). The van der Waals surface area contributed by atoms with E-state index < -0.39 is 16.2 Å². The molecule has 3 aromatic rings. The summed E-state index contributed by atoms with van der Waals surface area (Å²) in [4.78, 5) is 19.2. The predicted octanol–water partition coefficient (Wildman–Crippen LogP) is 2.85. The molecule has 10 heteroatoms. The number of carbonyl (C=O) groups excluding carboxylic acids is 1. The van der Waals surface area contributed by atoms with Gasteiger partial charge < -0.3 is 4.90 Å². The van der Waals surface area contributed by atoms with E-state index in [1.807, 2.05) is 19.1 Å². The number of benzene rings is 1. The highest BCUT2D eigenvalue weighted by Gasteiger charge is 2.38. The average Bonchev–Trinajstić information content (AvgIpc) is 3.24. The van der Waals surface area contributed by atoms with Crippen LogP contribution >= 0.6 is 11.6 Å². The van der Waals surface area contributed by atoms with Crippen molar-refractivity contribution in [3.05, 3.63) is 58.4 Å². The topological polar surface area (TPSA) is 105 Å². The van der Waals surface area contributed by atoms with Crippen LogP contribution in [-0.2, 0) is 14.3 Å². The van der Waals surface area contributed by atoms with Crippen LogP contribution in [0.15, 0.2) is 36.5 Å². The number of nitrogens with zero attached hydrogens (tertiary/aromatic N) is 3. The zero-order valence-corrected chi connectivity index (χ0v) is 17.4. The maximum Gasteiger partial charge on any atom is 0.264 e. The number of H-pyrrole nitrogens is 1. The third-order valence-corrected chi connectivity index (χ3v) is 5.81. The number of carbonyl (C=O) groups is 1. The van der Waals surface area contributed by atoms with E-state index in [9.17, 15) is 13.2 Å². The lowest BCUT2D eigenvalue weighted by molar-refractivity contribution is 0.0721. The molecule has 152 valence electrons. The van der Waals surface area contributed by atoms with Crippen LogP contribution in [0.1, 0.15) is 34.1 Å². The Bertz CT molecular complexity index is 1180. The van der Waals surface area contributed by atoms with Crippen molar-refractivity contribution >= 4 is 38.7 Å². The summed E-state index contributed by atoms with van der Waals surface area (Å²) >= 11 is 5.99. The number of pyridine rings is 1. The van der Waals surface area contributed by atoms with Crippen molar-refractivity contribution in [2.45, 2.75) is 25.5 Å². The Kier molecular flexibility index (Phi) is 5.05. The van der Waals surface area contributed by atoms with Crippen LogP contribution in [0.2, 0.25) is 5.02 Å². The van der Waals surface area contributed by atoms with Gasteiger partial charge in [0.15, 0.2) is 5.65 Å². The molecule has 0 radical (unpaired) electrons. The molecule has 1 aliphatic heterocycles. The van der Waals surface area contributed by atoms with E-state index in [2.05, 4.69) is 15.2 Å². The molecule has 3 heterocycles. The van der Waals surface area contributed by atoms with Gasteiger partial charge in [-0.15, -0.1) is 0 Å². The Labute approximate surface area is 173 Å². The lowest BCUT2D eigenvalue weighted by Crippen LogP contribution is -2.32. The maximum absolute atomic E-state index is 13.3. The minimum Gasteiger partial charge on any atom is -0.329 e. The molecule has 1 saturated heterocycles. The van der Waals surface area contributed by atoms with E-state index in [0.717, 1.165) is 22.9 Å². The van der Waals surface area contributed by atoms with E-state index in [0.29, 0.717) is 22.7 Å². The fourth-order valence-electron chi connectivity index (χ4n) is 3.64. The first-order valence-electron chi connectivity index (χ1n) is 8.96. The number of fused-ring (bicyclic) bond motifs is 1. The van der Waals surface area contributed by atoms with E-state index >= 15 is 0 Å². The number of amides is 1. The predicted molar refractivity (Wildman–Crippen MR) is 108 cm³/mol. The Morgan fingerprint density at radius 3 is 2.72 bits per heavy atom. The van der Waals surface area contributed by atoms with Crippen LogP contribution < -0.4 is 0 Å². The Morgan fingerprint density at radius 1 is 1.31 bits per heavy atom. The number of halogens is 1. The summed E-state index contributed by atoms with van der Waals surface area (Å²) < 4.78 is 28.4. The summed E-state index contributed by atoms with van der Waals surface area (Å²) in [6.45, 7) is 2.01. The van der Waals surface area contributed by atoms with Crippen molar-refractivity contribution in [2.24, 2.45) is 0 Å². The van der Waals surface area contributed by atoms with Crippen LogP contribution in [0, 0.1) is 6.92 Å². The van der Waals surface area contributed by atoms with Gasteiger partial charge in [-0.3, -0.25) is 14.1 Å². The van der Waals surface area contributed by atoms with E-state index in [1.54, 1.807) is 23.1 Å². The second kappa shape index (κ2) is 7.40. The smallest absolute Gasteiger partial charge is 0.264 e. The molecule has 1 N–H and O–H groups in total. The maximum atomic E-state index is 13.3. The number of hydrogen-bond donors (Lipinski definition) is 1. The van der Waals surface area contributed by atoms with Gasteiger partial charge in [-0.05, 0) is 30.7 Å². The number of nitrogens with one attached hydrogen (secondary N) is 1. The molecule has 1 aromatic carbocycles. The van der Waals surface area contributed by atoms with Crippen LogP contribution in [-0.4, -0.2) is 53.3 Å². The fraction of sp³-hybridized carbons (Fsp3) is 0.316. The lowest BCUT2D eigenvalue weighted by atomic mass is 10.0. The molecule has 8 nitrogen and oxygen atoms in total. The number of hydrogen-bond acceptors (Lipinski definition) is 6. The van der Waals surface area contributed by atoms with Crippen LogP contribution in [0.3, 0.4) is 0 Å². The number of rotatable bonds is 4. The molecule has 1 amide bonds. The Balaban J connectivity index is 1.69. The summed E-state index contributed by atoms with van der Waals surface area (Å²) in [5.41, 5.74) is 2.61. The van der Waals surface area contributed by atoms with Crippen LogP contribution in [0.4, 0.5) is 0 Å². The molecule has 0 bridgehead atoms. The molecular weight excluding hydrogens is 416 g/mol. The van der Waals surface area contributed by atoms with Crippen molar-refractivity contribution in [1.29, 1.82) is 0 Å². The van der Waals surface area contributed by atoms with Gasteiger partial charge in [0.25, 0.3) is 16.0 Å². The molecule has 1 fully saturated rings. The molecule has 29 heavy (non-hydrogen) atoms. The quantitative estimate of drug-likeness (QED) is 0.633. The zero-order chi connectivity index (χ0) is 20.8. The van der Waals surface area contributed by atoms with E-state index in [4.69, 9.17) is 15.8 Å². The number of aryl methyl sites for hydroxylation is 1. The third kappa shape index (κ3) is 4.12. The van der Waals surface area contributed by atoms with Gasteiger partial charge in [-0.1, -0.05) is 23.7 Å². The van der Waals surface area contributed by atoms with Gasteiger partial charge in [-0.25, -0.2) is 4.98 Å². The summed E-state index contributed by atoms with van der Waals surface area (Å²) in [7, 11) is -3.64. The van der Waals surface area contributed by atoms with Crippen LogP contribution in [0.5, 0.6) is 0 Å². The van der Waals surface area contributed by atoms with Gasteiger partial charge in [-0.2, -0.15) is 13.5 Å². The Morgan fingerprint density at radius 2 is 2.03 bits per heavy atom. The number of aromatic amines is 1. The molecule has 2 aromatic heterocycles. The largest absolute Gasteiger partial charge is 0.329 e. The normalized spacial score (nSPS) is 19.8. The van der Waals surface area contributed by atoms with Crippen molar-refractivity contribution in [1.82, 2.24) is 20.1 Å². The summed E-state index contributed by atoms with van der Waals surface area (Å²) in [5.74, 6) is -0.250. The van der Waals surface area contributed by atoms with Gasteiger partial charge in [0, 0.05) is 35.3 Å². The first-order chi connectivity index (χ1) is 13.7. The Hall–Kier alpha value is -2.49. The minimum atomic E-state index is -3.64. The van der Waals surface area contributed by atoms with Crippen molar-refractivity contribution in [3.8, 4) is 0 Å². The van der Waals surface area contributed by atoms with Crippen molar-refractivity contribution in [3.63, 3.8) is 0 Å². The number of likely N-dealkylation sites (tertiary alicyclic amines) is 1. The highest BCUT2D eigenvalue weighted by atomic mass is 35.5. The molecule has 1 aliphatic rings. The minimum absolute atomic E-state index is 0.154. The second-order valence-corrected chi connectivity index (χ2v) is 9.16. The SMILES string of the molecule is Cc1[nH]nc2ncc(C(=O)N3C[C@@H](OS(C)(=O)=O)C[C@H]3c3ccc(Cl)cc3)cc12. The first-order valence-corrected chi connectivity index (χ1v) is 11.2. The van der Waals surface area contributed by atoms with Gasteiger partial charge >= 0.3 is 0 Å². The standard InChI is InChI=1S/C19H19ClN4O4S/c1-11-16-7-13(9-21-18(16)23-22-11)19(25)24-10-15(28-29(2,26)27)8-17(24)12-3-5-14(20)6-4-12/h3-7,9,15,17H,8,10H2,1-2H3,(H,21,22,23)/t15-,17-/m0/s1.